The Bertz CT molecular complexity index is 537. The molecular weight excluding hydrogens is 240 g/mol. The molecule has 102 valence electrons. The van der Waals surface area contributed by atoms with E-state index in [2.05, 4.69) is 17.2 Å². The van der Waals surface area contributed by atoms with E-state index in [0.29, 0.717) is 6.61 Å². The van der Waals surface area contributed by atoms with Gasteiger partial charge in [0, 0.05) is 18.7 Å². The lowest BCUT2D eigenvalue weighted by Gasteiger charge is -2.18. The first-order valence-electron chi connectivity index (χ1n) is 6.57. The van der Waals surface area contributed by atoms with Crippen LogP contribution in [0.25, 0.3) is 10.8 Å². The van der Waals surface area contributed by atoms with Gasteiger partial charge in [-0.2, -0.15) is 0 Å². The van der Waals surface area contributed by atoms with Crippen LogP contribution in [0.15, 0.2) is 30.5 Å². The number of aromatic hydroxyl groups is 1. The standard InChI is InChI=1S/C15H20N2O2/c1-3-4-12(10-19-2)17-15-14-9-13(18)6-5-11(14)7-8-16-15/h5-9,12,18H,3-4,10H2,1-2H3,(H,16,17). The highest BCUT2D eigenvalue weighted by Crippen LogP contribution is 2.25. The minimum absolute atomic E-state index is 0.232. The number of nitrogens with one attached hydrogen (secondary N) is 1. The molecular formula is C15H20N2O2. The number of phenolic OH excluding ortho intramolecular Hbond substituents is 1. The van der Waals surface area contributed by atoms with E-state index >= 15 is 0 Å². The Morgan fingerprint density at radius 1 is 1.37 bits per heavy atom. The van der Waals surface area contributed by atoms with Crippen LogP contribution >= 0.6 is 0 Å². The van der Waals surface area contributed by atoms with Gasteiger partial charge in [-0.15, -0.1) is 0 Å². The van der Waals surface area contributed by atoms with Gasteiger partial charge in [-0.1, -0.05) is 19.4 Å². The first kappa shape index (κ1) is 13.6. The molecule has 4 nitrogen and oxygen atoms in total. The van der Waals surface area contributed by atoms with Crippen LogP contribution < -0.4 is 5.32 Å². The van der Waals surface area contributed by atoms with Gasteiger partial charge >= 0.3 is 0 Å². The van der Waals surface area contributed by atoms with E-state index in [4.69, 9.17) is 4.74 Å². The van der Waals surface area contributed by atoms with E-state index in [9.17, 15) is 5.11 Å². The smallest absolute Gasteiger partial charge is 0.134 e. The maximum Gasteiger partial charge on any atom is 0.134 e. The zero-order valence-corrected chi connectivity index (χ0v) is 11.4. The van der Waals surface area contributed by atoms with Crippen LogP contribution in [0.3, 0.4) is 0 Å². The molecule has 0 bridgehead atoms. The van der Waals surface area contributed by atoms with Crippen molar-refractivity contribution in [1.29, 1.82) is 0 Å². The molecule has 0 aliphatic carbocycles. The summed E-state index contributed by atoms with van der Waals surface area (Å²) in [6.45, 7) is 2.79. The van der Waals surface area contributed by atoms with Gasteiger partial charge < -0.3 is 15.2 Å². The number of methoxy groups -OCH3 is 1. The summed E-state index contributed by atoms with van der Waals surface area (Å²) >= 11 is 0. The molecule has 1 atom stereocenters. The largest absolute Gasteiger partial charge is 0.508 e. The molecule has 0 aliphatic rings. The van der Waals surface area contributed by atoms with Gasteiger partial charge in [-0.3, -0.25) is 0 Å². The lowest BCUT2D eigenvalue weighted by Crippen LogP contribution is -2.25. The molecule has 0 radical (unpaired) electrons. The molecule has 0 saturated heterocycles. The van der Waals surface area contributed by atoms with Crippen molar-refractivity contribution in [3.05, 3.63) is 30.5 Å². The van der Waals surface area contributed by atoms with E-state index in [1.54, 1.807) is 25.4 Å². The van der Waals surface area contributed by atoms with Gasteiger partial charge in [0.15, 0.2) is 0 Å². The second-order valence-electron chi connectivity index (χ2n) is 4.65. The highest BCUT2D eigenvalue weighted by molar-refractivity contribution is 5.92. The number of hydrogen-bond acceptors (Lipinski definition) is 4. The molecule has 2 aromatic rings. The molecule has 0 aliphatic heterocycles. The maximum atomic E-state index is 9.62. The number of phenols is 1. The van der Waals surface area contributed by atoms with E-state index in [1.807, 2.05) is 12.1 Å². The third kappa shape index (κ3) is 3.35. The topological polar surface area (TPSA) is 54.4 Å². The van der Waals surface area contributed by atoms with Gasteiger partial charge in [0.25, 0.3) is 0 Å². The van der Waals surface area contributed by atoms with Crippen LogP contribution in [-0.4, -0.2) is 29.8 Å². The molecule has 2 rings (SSSR count). The number of nitrogens with zero attached hydrogens (tertiary/aromatic N) is 1. The van der Waals surface area contributed by atoms with Gasteiger partial charge in [0.2, 0.25) is 0 Å². The van der Waals surface area contributed by atoms with Crippen molar-refractivity contribution in [3.63, 3.8) is 0 Å². The molecule has 0 saturated carbocycles. The van der Waals surface area contributed by atoms with Crippen molar-refractivity contribution in [1.82, 2.24) is 4.98 Å². The quantitative estimate of drug-likeness (QED) is 0.837. The van der Waals surface area contributed by atoms with Crippen LogP contribution in [0.4, 0.5) is 5.82 Å². The summed E-state index contributed by atoms with van der Waals surface area (Å²) in [5, 5.41) is 15.0. The van der Waals surface area contributed by atoms with Crippen molar-refractivity contribution in [2.45, 2.75) is 25.8 Å². The fourth-order valence-electron chi connectivity index (χ4n) is 2.21. The third-order valence-corrected chi connectivity index (χ3v) is 3.10. The molecule has 1 unspecified atom stereocenters. The average molecular weight is 260 g/mol. The molecule has 4 heteroatoms. The summed E-state index contributed by atoms with van der Waals surface area (Å²) in [7, 11) is 1.70. The second-order valence-corrected chi connectivity index (χ2v) is 4.65. The van der Waals surface area contributed by atoms with Crippen molar-refractivity contribution in [2.24, 2.45) is 0 Å². The molecule has 19 heavy (non-hydrogen) atoms. The van der Waals surface area contributed by atoms with Gasteiger partial charge in [-0.05, 0) is 30.0 Å². The first-order valence-corrected chi connectivity index (χ1v) is 6.57. The van der Waals surface area contributed by atoms with Crippen LogP contribution in [0.1, 0.15) is 19.8 Å². The highest BCUT2D eigenvalue weighted by atomic mass is 16.5. The summed E-state index contributed by atoms with van der Waals surface area (Å²) in [5.74, 6) is 1.05. The predicted molar refractivity (Wildman–Crippen MR) is 77.6 cm³/mol. The number of ether oxygens (including phenoxy) is 1. The van der Waals surface area contributed by atoms with Crippen LogP contribution in [0.5, 0.6) is 5.75 Å². The van der Waals surface area contributed by atoms with E-state index in [-0.39, 0.29) is 11.8 Å². The minimum atomic E-state index is 0.232. The number of aromatic nitrogens is 1. The van der Waals surface area contributed by atoms with Crippen molar-refractivity contribution in [3.8, 4) is 5.75 Å². The Morgan fingerprint density at radius 2 is 2.21 bits per heavy atom. The lowest BCUT2D eigenvalue weighted by atomic mass is 10.1. The number of hydrogen-bond donors (Lipinski definition) is 2. The normalized spacial score (nSPS) is 12.5. The lowest BCUT2D eigenvalue weighted by molar-refractivity contribution is 0.182. The SMILES string of the molecule is CCCC(COC)Nc1nccc2ccc(O)cc12. The van der Waals surface area contributed by atoms with Gasteiger partial charge in [0.1, 0.15) is 11.6 Å². The van der Waals surface area contributed by atoms with E-state index in [1.165, 1.54) is 0 Å². The molecule has 2 N–H and O–H groups in total. The minimum Gasteiger partial charge on any atom is -0.508 e. The van der Waals surface area contributed by atoms with E-state index < -0.39 is 0 Å². The summed E-state index contributed by atoms with van der Waals surface area (Å²) in [6.07, 6.45) is 3.87. The van der Waals surface area contributed by atoms with Crippen LogP contribution in [0.2, 0.25) is 0 Å². The average Bonchev–Trinajstić information content (AvgIpc) is 2.40. The Labute approximate surface area is 113 Å². The summed E-state index contributed by atoms with van der Waals surface area (Å²) in [4.78, 5) is 4.37. The molecule has 0 spiro atoms. The van der Waals surface area contributed by atoms with Crippen LogP contribution in [-0.2, 0) is 4.74 Å². The zero-order valence-electron chi connectivity index (χ0n) is 11.4. The van der Waals surface area contributed by atoms with Gasteiger partial charge in [-0.25, -0.2) is 4.98 Å². The second kappa shape index (κ2) is 6.38. The van der Waals surface area contributed by atoms with Crippen molar-refractivity contribution >= 4 is 16.6 Å². The Hall–Kier alpha value is -1.81. The molecule has 1 aromatic heterocycles. The molecule has 0 fully saturated rings. The van der Waals surface area contributed by atoms with E-state index in [0.717, 1.165) is 29.4 Å². The van der Waals surface area contributed by atoms with Crippen LogP contribution in [0, 0.1) is 0 Å². The number of anilines is 1. The summed E-state index contributed by atoms with van der Waals surface area (Å²) in [5.41, 5.74) is 0. The number of pyridine rings is 1. The predicted octanol–water partition coefficient (Wildman–Crippen LogP) is 3.17. The number of fused-ring (bicyclic) bond motifs is 1. The fraction of sp³-hybridized carbons (Fsp3) is 0.400. The van der Waals surface area contributed by atoms with Crippen molar-refractivity contribution < 1.29 is 9.84 Å². The zero-order chi connectivity index (χ0) is 13.7. The third-order valence-electron chi connectivity index (χ3n) is 3.10. The summed E-state index contributed by atoms with van der Waals surface area (Å²) in [6, 6.07) is 7.48. The monoisotopic (exact) mass is 260 g/mol. The van der Waals surface area contributed by atoms with Gasteiger partial charge in [0.05, 0.1) is 12.6 Å². The number of benzene rings is 1. The number of rotatable bonds is 6. The molecule has 1 heterocycles. The summed E-state index contributed by atoms with van der Waals surface area (Å²) < 4.78 is 5.22. The Morgan fingerprint density at radius 3 is 2.95 bits per heavy atom. The molecule has 1 aromatic carbocycles. The maximum absolute atomic E-state index is 9.62. The van der Waals surface area contributed by atoms with Crippen molar-refractivity contribution in [2.75, 3.05) is 19.0 Å². The first-order chi connectivity index (χ1) is 9.24. The highest BCUT2D eigenvalue weighted by Gasteiger charge is 2.10. The Balaban J connectivity index is 2.30. The fourth-order valence-corrected chi connectivity index (χ4v) is 2.21. The molecule has 0 amide bonds. The Kier molecular flexibility index (Phi) is 4.58.